The number of para-hydroxylation sites is 1. The second kappa shape index (κ2) is 8.42. The van der Waals surface area contributed by atoms with Crippen molar-refractivity contribution in [1.82, 2.24) is 14.5 Å². The van der Waals surface area contributed by atoms with Crippen molar-refractivity contribution in [3.63, 3.8) is 0 Å². The molecule has 4 rings (SSSR count). The molecule has 3 aromatic rings. The third-order valence-corrected chi connectivity index (χ3v) is 5.78. The number of hydrogen-bond donors (Lipinski definition) is 0. The third-order valence-electron chi connectivity index (χ3n) is 4.82. The van der Waals surface area contributed by atoms with Gasteiger partial charge in [0.25, 0.3) is 5.56 Å². The molecule has 0 spiro atoms. The van der Waals surface area contributed by atoms with Crippen LogP contribution >= 0.6 is 11.8 Å². The molecular weight excluding hydrogens is 390 g/mol. The second-order valence-corrected chi connectivity index (χ2v) is 8.17. The predicted octanol–water partition coefficient (Wildman–Crippen LogP) is 2.77. The topological polar surface area (TPSA) is 77.6 Å². The molecule has 0 bridgehead atoms. The Morgan fingerprint density at radius 2 is 1.93 bits per heavy atom. The van der Waals surface area contributed by atoms with Crippen LogP contribution in [0.4, 0.5) is 0 Å². The normalized spacial score (nSPS) is 19.6. The number of amides is 1. The van der Waals surface area contributed by atoms with E-state index >= 15 is 0 Å². The van der Waals surface area contributed by atoms with Crippen LogP contribution in [0.1, 0.15) is 19.6 Å². The molecule has 1 fully saturated rings. The molecule has 1 aliphatic rings. The molecule has 2 aromatic heterocycles. The zero-order valence-electron chi connectivity index (χ0n) is 16.4. The van der Waals surface area contributed by atoms with Gasteiger partial charge in [-0.3, -0.25) is 14.2 Å². The minimum Gasteiger partial charge on any atom is -0.467 e. The number of carbonyl (C=O) groups is 1. The average molecular weight is 413 g/mol. The van der Waals surface area contributed by atoms with Gasteiger partial charge in [0.1, 0.15) is 5.76 Å². The predicted molar refractivity (Wildman–Crippen MR) is 111 cm³/mol. The van der Waals surface area contributed by atoms with Crippen LogP contribution in [0.25, 0.3) is 10.9 Å². The molecule has 1 aromatic carbocycles. The van der Waals surface area contributed by atoms with Gasteiger partial charge in [-0.2, -0.15) is 0 Å². The molecule has 7 nitrogen and oxygen atoms in total. The molecule has 1 saturated heterocycles. The molecule has 0 N–H and O–H groups in total. The van der Waals surface area contributed by atoms with Crippen molar-refractivity contribution in [2.45, 2.75) is 37.8 Å². The van der Waals surface area contributed by atoms with E-state index in [1.165, 1.54) is 11.8 Å². The molecule has 0 saturated carbocycles. The number of fused-ring (bicyclic) bond motifs is 1. The Morgan fingerprint density at radius 3 is 2.66 bits per heavy atom. The van der Waals surface area contributed by atoms with E-state index < -0.39 is 0 Å². The SMILES string of the molecule is C[C@@H]1CN(C(=O)CSc2nc3ccccc3c(=O)n2Cc2ccco2)C[C@@H](C)O1. The van der Waals surface area contributed by atoms with Crippen molar-refractivity contribution in [3.05, 3.63) is 58.8 Å². The molecule has 1 amide bonds. The quantitative estimate of drug-likeness (QED) is 0.473. The zero-order valence-corrected chi connectivity index (χ0v) is 17.2. The van der Waals surface area contributed by atoms with Gasteiger partial charge in [-0.15, -0.1) is 0 Å². The van der Waals surface area contributed by atoms with Gasteiger partial charge in [-0.05, 0) is 38.1 Å². The Hall–Kier alpha value is -2.58. The van der Waals surface area contributed by atoms with Gasteiger partial charge >= 0.3 is 0 Å². The van der Waals surface area contributed by atoms with Crippen LogP contribution in [0.2, 0.25) is 0 Å². The summed E-state index contributed by atoms with van der Waals surface area (Å²) >= 11 is 1.28. The highest BCUT2D eigenvalue weighted by Gasteiger charge is 2.26. The number of thioether (sulfide) groups is 1. The first-order valence-electron chi connectivity index (χ1n) is 9.59. The van der Waals surface area contributed by atoms with Gasteiger partial charge in [0, 0.05) is 13.1 Å². The van der Waals surface area contributed by atoms with Gasteiger partial charge in [-0.25, -0.2) is 4.98 Å². The number of ether oxygens (including phenoxy) is 1. The van der Waals surface area contributed by atoms with E-state index in [1.807, 2.05) is 43.0 Å². The van der Waals surface area contributed by atoms with Gasteiger partial charge in [0.15, 0.2) is 5.16 Å². The highest BCUT2D eigenvalue weighted by molar-refractivity contribution is 7.99. The number of furan rings is 1. The minimum absolute atomic E-state index is 0.0172. The lowest BCUT2D eigenvalue weighted by molar-refractivity contribution is -0.140. The Bertz CT molecular complexity index is 1050. The Balaban J connectivity index is 1.60. The Morgan fingerprint density at radius 1 is 1.17 bits per heavy atom. The number of nitrogens with zero attached hydrogens (tertiary/aromatic N) is 3. The summed E-state index contributed by atoms with van der Waals surface area (Å²) in [5.74, 6) is 0.889. The summed E-state index contributed by atoms with van der Waals surface area (Å²) in [6, 6.07) is 10.8. The first kappa shape index (κ1) is 19.7. The molecular formula is C21H23N3O4S. The summed E-state index contributed by atoms with van der Waals surface area (Å²) in [6.45, 7) is 5.36. The van der Waals surface area contributed by atoms with Crippen LogP contribution < -0.4 is 5.56 Å². The lowest BCUT2D eigenvalue weighted by atomic mass is 10.2. The van der Waals surface area contributed by atoms with Crippen molar-refractivity contribution >= 4 is 28.6 Å². The highest BCUT2D eigenvalue weighted by atomic mass is 32.2. The first-order chi connectivity index (χ1) is 14.0. The summed E-state index contributed by atoms with van der Waals surface area (Å²) in [4.78, 5) is 32.3. The summed E-state index contributed by atoms with van der Waals surface area (Å²) in [5, 5.41) is 1.05. The molecule has 8 heteroatoms. The highest BCUT2D eigenvalue weighted by Crippen LogP contribution is 2.21. The lowest BCUT2D eigenvalue weighted by Gasteiger charge is -2.35. The number of morpholine rings is 1. The van der Waals surface area contributed by atoms with E-state index in [9.17, 15) is 9.59 Å². The number of benzene rings is 1. The molecule has 152 valence electrons. The van der Waals surface area contributed by atoms with Crippen LogP contribution in [0.5, 0.6) is 0 Å². The zero-order chi connectivity index (χ0) is 20.4. The summed E-state index contributed by atoms with van der Waals surface area (Å²) in [5.41, 5.74) is 0.479. The van der Waals surface area contributed by atoms with Crippen molar-refractivity contribution in [1.29, 1.82) is 0 Å². The standard InChI is InChI=1S/C21H23N3O4S/c1-14-10-23(11-15(2)28-14)19(25)13-29-21-22-18-8-4-3-7-17(18)20(26)24(21)12-16-6-5-9-27-16/h3-9,14-15H,10-13H2,1-2H3/t14-,15-/m1/s1. The Labute approximate surface area is 172 Å². The number of rotatable bonds is 5. The van der Waals surface area contributed by atoms with Crippen LogP contribution in [-0.4, -0.2) is 51.4 Å². The molecule has 2 atom stereocenters. The molecule has 0 aliphatic carbocycles. The fourth-order valence-corrected chi connectivity index (χ4v) is 4.46. The molecule has 3 heterocycles. The average Bonchev–Trinajstić information content (AvgIpc) is 3.21. The maximum absolute atomic E-state index is 13.1. The largest absolute Gasteiger partial charge is 0.467 e. The van der Waals surface area contributed by atoms with Crippen molar-refractivity contribution in [2.75, 3.05) is 18.8 Å². The van der Waals surface area contributed by atoms with Gasteiger partial charge in [0.2, 0.25) is 5.91 Å². The lowest BCUT2D eigenvalue weighted by Crippen LogP contribution is -2.48. The van der Waals surface area contributed by atoms with Gasteiger partial charge in [0.05, 0.1) is 41.7 Å². The monoisotopic (exact) mass is 413 g/mol. The van der Waals surface area contributed by atoms with Crippen LogP contribution in [-0.2, 0) is 16.1 Å². The van der Waals surface area contributed by atoms with E-state index in [4.69, 9.17) is 9.15 Å². The van der Waals surface area contributed by atoms with E-state index in [-0.39, 0.29) is 36.0 Å². The van der Waals surface area contributed by atoms with Crippen molar-refractivity contribution in [2.24, 2.45) is 0 Å². The van der Waals surface area contributed by atoms with Crippen LogP contribution in [0, 0.1) is 0 Å². The maximum atomic E-state index is 13.1. The fraction of sp³-hybridized carbons (Fsp3) is 0.381. The van der Waals surface area contributed by atoms with E-state index in [0.29, 0.717) is 34.9 Å². The van der Waals surface area contributed by atoms with E-state index in [0.717, 1.165) is 0 Å². The summed E-state index contributed by atoms with van der Waals surface area (Å²) in [6.07, 6.45) is 1.61. The van der Waals surface area contributed by atoms with E-state index in [2.05, 4.69) is 4.98 Å². The second-order valence-electron chi connectivity index (χ2n) is 7.23. The van der Waals surface area contributed by atoms with Gasteiger partial charge < -0.3 is 14.1 Å². The third kappa shape index (κ3) is 4.38. The smallest absolute Gasteiger partial charge is 0.262 e. The number of aromatic nitrogens is 2. The van der Waals surface area contributed by atoms with Crippen molar-refractivity contribution in [3.8, 4) is 0 Å². The fourth-order valence-electron chi connectivity index (χ4n) is 3.55. The van der Waals surface area contributed by atoms with Gasteiger partial charge in [-0.1, -0.05) is 23.9 Å². The van der Waals surface area contributed by atoms with Crippen molar-refractivity contribution < 1.29 is 13.9 Å². The molecule has 1 aliphatic heterocycles. The molecule has 0 unspecified atom stereocenters. The summed E-state index contributed by atoms with van der Waals surface area (Å²) in [7, 11) is 0. The van der Waals surface area contributed by atoms with Crippen LogP contribution in [0.15, 0.2) is 57.0 Å². The molecule has 29 heavy (non-hydrogen) atoms. The number of carbonyl (C=O) groups excluding carboxylic acids is 1. The van der Waals surface area contributed by atoms with E-state index in [1.54, 1.807) is 23.0 Å². The van der Waals surface area contributed by atoms with Crippen LogP contribution in [0.3, 0.4) is 0 Å². The maximum Gasteiger partial charge on any atom is 0.262 e. The summed E-state index contributed by atoms with van der Waals surface area (Å²) < 4.78 is 12.7. The Kier molecular flexibility index (Phi) is 5.73. The first-order valence-corrected chi connectivity index (χ1v) is 10.6. The molecule has 0 radical (unpaired) electrons. The number of hydrogen-bond acceptors (Lipinski definition) is 6. The minimum atomic E-state index is -0.143.